The summed E-state index contributed by atoms with van der Waals surface area (Å²) in [5.74, 6) is -0.522. The molecule has 0 bridgehead atoms. The lowest BCUT2D eigenvalue weighted by atomic mass is 9.79. The van der Waals surface area contributed by atoms with Crippen molar-refractivity contribution in [2.75, 3.05) is 0 Å². The molecule has 1 N–H and O–H groups in total. The van der Waals surface area contributed by atoms with Crippen molar-refractivity contribution >= 4 is 5.97 Å². The molecule has 0 amide bonds. The Balaban J connectivity index is 2.39. The van der Waals surface area contributed by atoms with Gasteiger partial charge in [-0.3, -0.25) is 0 Å². The van der Waals surface area contributed by atoms with Crippen LogP contribution < -0.4 is 0 Å². The molecule has 1 aromatic carbocycles. The molecule has 1 aliphatic rings. The highest BCUT2D eigenvalue weighted by molar-refractivity contribution is 5.83. The van der Waals surface area contributed by atoms with Gasteiger partial charge in [-0.1, -0.05) is 43.2 Å². The van der Waals surface area contributed by atoms with E-state index < -0.39 is 11.4 Å². The van der Waals surface area contributed by atoms with Crippen LogP contribution in [0, 0.1) is 0 Å². The first-order chi connectivity index (χ1) is 7.29. The van der Waals surface area contributed by atoms with E-state index in [1.807, 2.05) is 30.3 Å². The van der Waals surface area contributed by atoms with Crippen LogP contribution in [0.15, 0.2) is 30.3 Å². The molecular weight excluding hydrogens is 192 g/mol. The summed E-state index contributed by atoms with van der Waals surface area (Å²) < 4.78 is 0. The zero-order chi connectivity index (χ0) is 10.7. The average molecular weight is 206 g/mol. The topological polar surface area (TPSA) is 46.5 Å². The quantitative estimate of drug-likeness (QED) is 0.597. The van der Waals surface area contributed by atoms with Gasteiger partial charge in [0, 0.05) is 0 Å². The van der Waals surface area contributed by atoms with Crippen molar-refractivity contribution in [2.45, 2.75) is 31.1 Å². The van der Waals surface area contributed by atoms with E-state index >= 15 is 0 Å². The molecule has 0 atom stereocenters. The van der Waals surface area contributed by atoms with Crippen LogP contribution in [0.1, 0.15) is 31.2 Å². The fourth-order valence-corrected chi connectivity index (χ4v) is 2.43. The minimum Gasteiger partial charge on any atom is -0.300 e. The molecule has 0 aliphatic heterocycles. The molecule has 0 unspecified atom stereocenters. The van der Waals surface area contributed by atoms with Crippen molar-refractivity contribution in [1.29, 1.82) is 0 Å². The summed E-state index contributed by atoms with van der Waals surface area (Å²) >= 11 is 0. The number of hydrogen-bond donors (Lipinski definition) is 1. The van der Waals surface area contributed by atoms with Crippen LogP contribution in [-0.4, -0.2) is 11.2 Å². The van der Waals surface area contributed by atoms with Crippen LogP contribution in [0.2, 0.25) is 0 Å². The molecule has 1 saturated carbocycles. The van der Waals surface area contributed by atoms with Gasteiger partial charge in [-0.2, -0.15) is 5.26 Å². The Kier molecular flexibility index (Phi) is 2.73. The minimum absolute atomic E-state index is 0.522. The molecule has 0 saturated heterocycles. The van der Waals surface area contributed by atoms with Crippen molar-refractivity contribution < 1.29 is 14.9 Å². The first-order valence-corrected chi connectivity index (χ1v) is 5.21. The zero-order valence-electron chi connectivity index (χ0n) is 8.48. The number of benzene rings is 1. The third-order valence-corrected chi connectivity index (χ3v) is 3.26. The van der Waals surface area contributed by atoms with Crippen molar-refractivity contribution in [3.05, 3.63) is 35.9 Å². The van der Waals surface area contributed by atoms with Crippen LogP contribution >= 0.6 is 0 Å². The van der Waals surface area contributed by atoms with Gasteiger partial charge in [0.2, 0.25) is 0 Å². The first-order valence-electron chi connectivity index (χ1n) is 5.21. The molecule has 0 spiro atoms. The van der Waals surface area contributed by atoms with E-state index in [1.165, 1.54) is 0 Å². The zero-order valence-corrected chi connectivity index (χ0v) is 8.48. The molecule has 0 heterocycles. The summed E-state index contributed by atoms with van der Waals surface area (Å²) in [6.07, 6.45) is 3.53. The first kappa shape index (κ1) is 10.2. The highest BCUT2D eigenvalue weighted by Gasteiger charge is 2.44. The summed E-state index contributed by atoms with van der Waals surface area (Å²) in [5.41, 5.74) is 0.331. The Morgan fingerprint density at radius 3 is 2.33 bits per heavy atom. The molecule has 1 aliphatic carbocycles. The number of carbonyl (C=O) groups is 1. The normalized spacial score (nSPS) is 18.7. The Morgan fingerprint density at radius 1 is 1.20 bits per heavy atom. The minimum atomic E-state index is -0.615. The summed E-state index contributed by atoms with van der Waals surface area (Å²) in [4.78, 5) is 15.6. The second-order valence-corrected chi connectivity index (χ2v) is 4.03. The maximum atomic E-state index is 11.7. The lowest BCUT2D eigenvalue weighted by molar-refractivity contribution is -0.240. The number of rotatable bonds is 2. The second kappa shape index (κ2) is 4.03. The van der Waals surface area contributed by atoms with E-state index in [2.05, 4.69) is 4.89 Å². The number of hydrogen-bond acceptors (Lipinski definition) is 3. The van der Waals surface area contributed by atoms with Gasteiger partial charge >= 0.3 is 5.97 Å². The van der Waals surface area contributed by atoms with Crippen LogP contribution in [0.3, 0.4) is 0 Å². The number of carbonyl (C=O) groups excluding carboxylic acids is 1. The van der Waals surface area contributed by atoms with E-state index in [4.69, 9.17) is 5.26 Å². The van der Waals surface area contributed by atoms with E-state index in [0.29, 0.717) is 0 Å². The van der Waals surface area contributed by atoms with E-state index in [0.717, 1.165) is 31.2 Å². The largest absolute Gasteiger partial charge is 0.352 e. The second-order valence-electron chi connectivity index (χ2n) is 4.03. The third-order valence-electron chi connectivity index (χ3n) is 3.26. The Bertz CT molecular complexity index is 339. The fraction of sp³-hybridized carbons (Fsp3) is 0.417. The maximum absolute atomic E-state index is 11.7. The van der Waals surface area contributed by atoms with Gasteiger partial charge in [0.05, 0.1) is 5.41 Å². The lowest BCUT2D eigenvalue weighted by Gasteiger charge is -2.24. The summed E-state index contributed by atoms with van der Waals surface area (Å²) in [5, 5.41) is 8.57. The molecule has 80 valence electrons. The smallest absolute Gasteiger partial charge is 0.300 e. The lowest BCUT2D eigenvalue weighted by Crippen LogP contribution is -2.34. The van der Waals surface area contributed by atoms with Crippen LogP contribution in [0.25, 0.3) is 0 Å². The van der Waals surface area contributed by atoms with Crippen molar-refractivity contribution in [3.8, 4) is 0 Å². The van der Waals surface area contributed by atoms with Gasteiger partial charge in [0.1, 0.15) is 0 Å². The van der Waals surface area contributed by atoms with Gasteiger partial charge in [-0.25, -0.2) is 4.79 Å². The predicted octanol–water partition coefficient (Wildman–Crippen LogP) is 2.51. The Labute approximate surface area is 88.6 Å². The predicted molar refractivity (Wildman–Crippen MR) is 55.3 cm³/mol. The molecule has 15 heavy (non-hydrogen) atoms. The van der Waals surface area contributed by atoms with Gasteiger partial charge in [-0.15, -0.1) is 0 Å². The summed E-state index contributed by atoms with van der Waals surface area (Å²) in [6.45, 7) is 0. The van der Waals surface area contributed by atoms with Crippen LogP contribution in [0.4, 0.5) is 0 Å². The monoisotopic (exact) mass is 206 g/mol. The highest BCUT2D eigenvalue weighted by Crippen LogP contribution is 2.41. The molecule has 0 aromatic heterocycles. The molecule has 3 heteroatoms. The van der Waals surface area contributed by atoms with Gasteiger partial charge in [-0.05, 0) is 18.4 Å². The van der Waals surface area contributed by atoms with Gasteiger partial charge < -0.3 is 4.89 Å². The molecule has 0 radical (unpaired) electrons. The standard InChI is InChI=1S/C12H14O3/c13-11(15-14)12(8-4-5-9-12)10-6-2-1-3-7-10/h1-3,6-7,14H,4-5,8-9H2. The molecular formula is C12H14O3. The van der Waals surface area contributed by atoms with E-state index in [9.17, 15) is 4.79 Å². The fourth-order valence-electron chi connectivity index (χ4n) is 2.43. The maximum Gasteiger partial charge on any atom is 0.352 e. The molecule has 3 nitrogen and oxygen atoms in total. The molecule has 1 aromatic rings. The SMILES string of the molecule is O=C(OO)C1(c2ccccc2)CCCC1. The molecule has 1 fully saturated rings. The summed E-state index contributed by atoms with van der Waals surface area (Å²) in [6, 6.07) is 9.56. The van der Waals surface area contributed by atoms with E-state index in [-0.39, 0.29) is 0 Å². The van der Waals surface area contributed by atoms with Gasteiger partial charge in [0.15, 0.2) is 0 Å². The van der Waals surface area contributed by atoms with Crippen LogP contribution in [0.5, 0.6) is 0 Å². The Morgan fingerprint density at radius 2 is 1.80 bits per heavy atom. The van der Waals surface area contributed by atoms with Crippen LogP contribution in [-0.2, 0) is 15.1 Å². The van der Waals surface area contributed by atoms with E-state index in [1.54, 1.807) is 0 Å². The van der Waals surface area contributed by atoms with Gasteiger partial charge in [0.25, 0.3) is 0 Å². The van der Waals surface area contributed by atoms with Crippen molar-refractivity contribution in [3.63, 3.8) is 0 Å². The average Bonchev–Trinajstić information content (AvgIpc) is 2.79. The third kappa shape index (κ3) is 1.63. The van der Waals surface area contributed by atoms with Crippen molar-refractivity contribution in [1.82, 2.24) is 0 Å². The molecule has 2 rings (SSSR count). The highest BCUT2D eigenvalue weighted by atomic mass is 17.1. The Hall–Kier alpha value is -1.35. The summed E-state index contributed by atoms with van der Waals surface area (Å²) in [7, 11) is 0. The van der Waals surface area contributed by atoms with Crippen molar-refractivity contribution in [2.24, 2.45) is 0 Å².